The standard InChI is InChI=1S/C7H14FNO/c1-2-9-4-6(8)3-7(10)5-9/h6-7,10H,2-5H2,1H3/t6-,7-/m1/s1. The second kappa shape index (κ2) is 3.30. The summed E-state index contributed by atoms with van der Waals surface area (Å²) in [5, 5.41) is 9.10. The van der Waals surface area contributed by atoms with Crippen molar-refractivity contribution in [3.05, 3.63) is 0 Å². The molecule has 0 amide bonds. The van der Waals surface area contributed by atoms with Crippen molar-refractivity contribution < 1.29 is 9.50 Å². The summed E-state index contributed by atoms with van der Waals surface area (Å²) < 4.78 is 12.7. The van der Waals surface area contributed by atoms with Gasteiger partial charge in [-0.1, -0.05) is 6.92 Å². The average molecular weight is 147 g/mol. The molecule has 1 N–H and O–H groups in total. The molecular formula is C7H14FNO. The van der Waals surface area contributed by atoms with Crippen LogP contribution in [0.4, 0.5) is 4.39 Å². The minimum absolute atomic E-state index is 0.316. The van der Waals surface area contributed by atoms with Crippen molar-refractivity contribution in [3.8, 4) is 0 Å². The van der Waals surface area contributed by atoms with E-state index in [-0.39, 0.29) is 0 Å². The van der Waals surface area contributed by atoms with Gasteiger partial charge in [0.15, 0.2) is 0 Å². The third-order valence-corrected chi connectivity index (χ3v) is 1.90. The first-order valence-electron chi connectivity index (χ1n) is 3.77. The Kier molecular flexibility index (Phi) is 2.63. The second-order valence-corrected chi connectivity index (χ2v) is 2.84. The first kappa shape index (κ1) is 7.95. The van der Waals surface area contributed by atoms with E-state index in [0.717, 1.165) is 6.54 Å². The third kappa shape index (κ3) is 1.92. The Morgan fingerprint density at radius 3 is 2.80 bits per heavy atom. The van der Waals surface area contributed by atoms with Gasteiger partial charge >= 0.3 is 0 Å². The molecule has 0 aromatic carbocycles. The lowest BCUT2D eigenvalue weighted by atomic mass is 10.1. The molecule has 2 atom stereocenters. The van der Waals surface area contributed by atoms with Crippen molar-refractivity contribution in [3.63, 3.8) is 0 Å². The van der Waals surface area contributed by atoms with Crippen LogP contribution in [0.2, 0.25) is 0 Å². The summed E-state index contributed by atoms with van der Waals surface area (Å²) >= 11 is 0. The zero-order valence-corrected chi connectivity index (χ0v) is 6.26. The van der Waals surface area contributed by atoms with Crippen LogP contribution in [0.25, 0.3) is 0 Å². The predicted octanol–water partition coefficient (Wildman–Crippen LogP) is 0.411. The molecule has 0 aromatic heterocycles. The van der Waals surface area contributed by atoms with E-state index in [9.17, 15) is 4.39 Å². The van der Waals surface area contributed by atoms with Crippen LogP contribution >= 0.6 is 0 Å². The van der Waals surface area contributed by atoms with Gasteiger partial charge in [0.1, 0.15) is 6.17 Å². The number of aliphatic hydroxyl groups is 1. The van der Waals surface area contributed by atoms with Gasteiger partial charge in [-0.2, -0.15) is 0 Å². The average Bonchev–Trinajstić information content (AvgIpc) is 1.85. The molecule has 1 aliphatic rings. The summed E-state index contributed by atoms with van der Waals surface area (Å²) in [6.45, 7) is 3.94. The van der Waals surface area contributed by atoms with Crippen LogP contribution in [0.3, 0.4) is 0 Å². The number of piperidine rings is 1. The van der Waals surface area contributed by atoms with Crippen LogP contribution in [0.15, 0.2) is 0 Å². The zero-order valence-electron chi connectivity index (χ0n) is 6.26. The smallest absolute Gasteiger partial charge is 0.115 e. The number of hydrogen-bond acceptors (Lipinski definition) is 2. The van der Waals surface area contributed by atoms with Gasteiger partial charge in [0.25, 0.3) is 0 Å². The lowest BCUT2D eigenvalue weighted by Crippen LogP contribution is -2.43. The molecule has 1 aliphatic heterocycles. The van der Waals surface area contributed by atoms with Crippen molar-refractivity contribution in [2.45, 2.75) is 25.6 Å². The van der Waals surface area contributed by atoms with Crippen LogP contribution in [-0.2, 0) is 0 Å². The van der Waals surface area contributed by atoms with E-state index in [0.29, 0.717) is 19.5 Å². The van der Waals surface area contributed by atoms with Crippen molar-refractivity contribution in [1.82, 2.24) is 4.90 Å². The van der Waals surface area contributed by atoms with Crippen LogP contribution in [0.5, 0.6) is 0 Å². The van der Waals surface area contributed by atoms with Gasteiger partial charge in [0, 0.05) is 19.5 Å². The van der Waals surface area contributed by atoms with Crippen molar-refractivity contribution in [2.75, 3.05) is 19.6 Å². The van der Waals surface area contributed by atoms with Crippen molar-refractivity contribution >= 4 is 0 Å². The normalized spacial score (nSPS) is 36.3. The highest BCUT2D eigenvalue weighted by Crippen LogP contribution is 2.12. The highest BCUT2D eigenvalue weighted by atomic mass is 19.1. The minimum atomic E-state index is -0.830. The highest BCUT2D eigenvalue weighted by Gasteiger charge is 2.23. The number of aliphatic hydroxyl groups excluding tert-OH is 1. The Morgan fingerprint density at radius 1 is 1.60 bits per heavy atom. The Labute approximate surface area is 60.6 Å². The highest BCUT2D eigenvalue weighted by molar-refractivity contribution is 4.77. The Balaban J connectivity index is 2.35. The summed E-state index contributed by atoms with van der Waals surface area (Å²) in [6.07, 6.45) is -0.969. The number of likely N-dealkylation sites (N-methyl/N-ethyl adjacent to an activating group) is 1. The molecule has 10 heavy (non-hydrogen) atoms. The van der Waals surface area contributed by atoms with Gasteiger partial charge in [-0.05, 0) is 6.54 Å². The van der Waals surface area contributed by atoms with E-state index in [1.54, 1.807) is 0 Å². The lowest BCUT2D eigenvalue weighted by Gasteiger charge is -2.30. The van der Waals surface area contributed by atoms with E-state index in [1.165, 1.54) is 0 Å². The summed E-state index contributed by atoms with van der Waals surface area (Å²) in [5.74, 6) is 0. The number of likely N-dealkylation sites (tertiary alicyclic amines) is 1. The molecule has 0 aromatic rings. The second-order valence-electron chi connectivity index (χ2n) is 2.84. The molecule has 1 heterocycles. The van der Waals surface area contributed by atoms with Gasteiger partial charge in [-0.25, -0.2) is 4.39 Å². The zero-order chi connectivity index (χ0) is 7.56. The van der Waals surface area contributed by atoms with E-state index < -0.39 is 12.3 Å². The molecule has 0 unspecified atom stereocenters. The van der Waals surface area contributed by atoms with Gasteiger partial charge in [-0.15, -0.1) is 0 Å². The molecule has 3 heteroatoms. The summed E-state index contributed by atoms with van der Waals surface area (Å²) in [7, 11) is 0. The topological polar surface area (TPSA) is 23.5 Å². The molecule has 0 spiro atoms. The minimum Gasteiger partial charge on any atom is -0.392 e. The van der Waals surface area contributed by atoms with Gasteiger partial charge < -0.3 is 5.11 Å². The monoisotopic (exact) mass is 147 g/mol. The summed E-state index contributed by atoms with van der Waals surface area (Å²) in [4.78, 5) is 1.93. The number of hydrogen-bond donors (Lipinski definition) is 1. The number of nitrogens with zero attached hydrogens (tertiary/aromatic N) is 1. The van der Waals surface area contributed by atoms with Gasteiger partial charge in [0.2, 0.25) is 0 Å². The van der Waals surface area contributed by atoms with E-state index in [2.05, 4.69) is 0 Å². The molecule has 0 saturated carbocycles. The Bertz CT molecular complexity index is 99.8. The molecule has 60 valence electrons. The maximum Gasteiger partial charge on any atom is 0.115 e. The lowest BCUT2D eigenvalue weighted by molar-refractivity contribution is 0.0288. The summed E-state index contributed by atoms with van der Waals surface area (Å²) in [6, 6.07) is 0. The SMILES string of the molecule is CCN1C[C@H](O)C[C@@H](F)C1. The molecule has 2 nitrogen and oxygen atoms in total. The van der Waals surface area contributed by atoms with E-state index in [4.69, 9.17) is 5.11 Å². The first-order chi connectivity index (χ1) is 4.72. The molecule has 1 saturated heterocycles. The van der Waals surface area contributed by atoms with Gasteiger partial charge in [0.05, 0.1) is 6.10 Å². The van der Waals surface area contributed by atoms with E-state index in [1.807, 2.05) is 11.8 Å². The molecule has 0 aliphatic carbocycles. The predicted molar refractivity (Wildman–Crippen MR) is 37.6 cm³/mol. The first-order valence-corrected chi connectivity index (χ1v) is 3.77. The fraction of sp³-hybridized carbons (Fsp3) is 1.00. The maximum atomic E-state index is 12.7. The van der Waals surface area contributed by atoms with Crippen LogP contribution in [-0.4, -0.2) is 41.9 Å². The van der Waals surface area contributed by atoms with E-state index >= 15 is 0 Å². The molecule has 1 rings (SSSR count). The Hall–Kier alpha value is -0.150. The number of halogens is 1. The molecular weight excluding hydrogens is 133 g/mol. The van der Waals surface area contributed by atoms with Crippen molar-refractivity contribution in [2.24, 2.45) is 0 Å². The number of rotatable bonds is 1. The quantitative estimate of drug-likeness (QED) is 0.580. The fourth-order valence-corrected chi connectivity index (χ4v) is 1.36. The Morgan fingerprint density at radius 2 is 2.30 bits per heavy atom. The van der Waals surface area contributed by atoms with Crippen LogP contribution in [0, 0.1) is 0 Å². The van der Waals surface area contributed by atoms with Crippen LogP contribution in [0.1, 0.15) is 13.3 Å². The fourth-order valence-electron chi connectivity index (χ4n) is 1.36. The number of β-amino-alcohol motifs (C(OH)–C–C–N with tert-alkyl or cyclic N) is 1. The maximum absolute atomic E-state index is 12.7. The van der Waals surface area contributed by atoms with Crippen molar-refractivity contribution in [1.29, 1.82) is 0 Å². The van der Waals surface area contributed by atoms with Gasteiger partial charge in [-0.3, -0.25) is 4.90 Å². The molecule has 1 fully saturated rings. The third-order valence-electron chi connectivity index (χ3n) is 1.90. The largest absolute Gasteiger partial charge is 0.392 e. The van der Waals surface area contributed by atoms with Crippen LogP contribution < -0.4 is 0 Å². The summed E-state index contributed by atoms with van der Waals surface area (Å²) in [5.41, 5.74) is 0. The molecule has 0 bridgehead atoms. The molecule has 0 radical (unpaired) electrons. The number of alkyl halides is 1.